The number of anilines is 1. The van der Waals surface area contributed by atoms with Gasteiger partial charge in [-0.3, -0.25) is 10.1 Å². The highest BCUT2D eigenvalue weighted by molar-refractivity contribution is 5.85. The van der Waals surface area contributed by atoms with E-state index in [0.717, 1.165) is 11.1 Å². The third kappa shape index (κ3) is 3.72. The summed E-state index contributed by atoms with van der Waals surface area (Å²) in [4.78, 5) is 23.5. The highest BCUT2D eigenvalue weighted by Crippen LogP contribution is 2.44. The Labute approximate surface area is 169 Å². The number of fused-ring (bicyclic) bond motifs is 3. The molecule has 1 aliphatic rings. The minimum atomic E-state index is -0.914. The maximum atomic E-state index is 12.4. The molecule has 3 aromatic rings. The number of benzene rings is 3. The van der Waals surface area contributed by atoms with Gasteiger partial charge in [-0.05, 0) is 46.9 Å². The van der Waals surface area contributed by atoms with Crippen LogP contribution >= 0.6 is 0 Å². The van der Waals surface area contributed by atoms with Gasteiger partial charge in [0.2, 0.25) is 0 Å². The van der Waals surface area contributed by atoms with Crippen LogP contribution in [0.2, 0.25) is 0 Å². The molecule has 0 aromatic heterocycles. The van der Waals surface area contributed by atoms with Crippen LogP contribution in [-0.2, 0) is 9.53 Å². The van der Waals surface area contributed by atoms with Gasteiger partial charge in [0.1, 0.15) is 6.61 Å². The van der Waals surface area contributed by atoms with Crippen molar-refractivity contribution in [2.24, 2.45) is 0 Å². The summed E-state index contributed by atoms with van der Waals surface area (Å²) < 4.78 is 5.53. The van der Waals surface area contributed by atoms with Gasteiger partial charge in [-0.25, -0.2) is 4.79 Å². The van der Waals surface area contributed by atoms with Gasteiger partial charge >= 0.3 is 12.1 Å². The third-order valence-electron chi connectivity index (χ3n) is 5.35. The highest BCUT2D eigenvalue weighted by atomic mass is 16.5. The second-order valence-corrected chi connectivity index (χ2v) is 7.14. The molecule has 2 N–H and O–H groups in total. The second kappa shape index (κ2) is 7.80. The molecule has 5 heteroatoms. The maximum absolute atomic E-state index is 12.4. The van der Waals surface area contributed by atoms with Crippen LogP contribution in [0.3, 0.4) is 0 Å². The summed E-state index contributed by atoms with van der Waals surface area (Å²) in [5.41, 5.74) is 5.78. The van der Waals surface area contributed by atoms with Gasteiger partial charge in [0.25, 0.3) is 0 Å². The van der Waals surface area contributed by atoms with Crippen molar-refractivity contribution in [3.8, 4) is 11.1 Å². The number of hydrogen-bond donors (Lipinski definition) is 2. The van der Waals surface area contributed by atoms with Crippen LogP contribution in [0.5, 0.6) is 0 Å². The lowest BCUT2D eigenvalue weighted by Gasteiger charge is -2.15. The van der Waals surface area contributed by atoms with Crippen LogP contribution in [0.1, 0.15) is 35.4 Å². The Balaban J connectivity index is 1.46. The summed E-state index contributed by atoms with van der Waals surface area (Å²) in [5, 5.41) is 11.9. The molecular formula is C24H21NO4. The van der Waals surface area contributed by atoms with Crippen molar-refractivity contribution >= 4 is 17.7 Å². The fraction of sp³-hybridized carbons (Fsp3) is 0.167. The van der Waals surface area contributed by atoms with Crippen LogP contribution < -0.4 is 5.32 Å². The number of carboxylic acid groups (broad SMARTS) is 1. The van der Waals surface area contributed by atoms with Gasteiger partial charge < -0.3 is 9.84 Å². The molecule has 1 atom stereocenters. The summed E-state index contributed by atoms with van der Waals surface area (Å²) in [7, 11) is 0. The quantitative estimate of drug-likeness (QED) is 0.628. The fourth-order valence-electron chi connectivity index (χ4n) is 3.78. The largest absolute Gasteiger partial charge is 0.481 e. The van der Waals surface area contributed by atoms with Crippen molar-refractivity contribution < 1.29 is 19.4 Å². The zero-order valence-electron chi connectivity index (χ0n) is 16.0. The molecule has 0 aliphatic heterocycles. The minimum absolute atomic E-state index is 0.00785. The number of hydrogen-bond acceptors (Lipinski definition) is 3. The molecule has 4 rings (SSSR count). The Morgan fingerprint density at radius 2 is 1.59 bits per heavy atom. The normalized spacial score (nSPS) is 13.3. The van der Waals surface area contributed by atoms with Gasteiger partial charge in [-0.2, -0.15) is 0 Å². The minimum Gasteiger partial charge on any atom is -0.481 e. The van der Waals surface area contributed by atoms with Gasteiger partial charge in [0.15, 0.2) is 0 Å². The van der Waals surface area contributed by atoms with E-state index in [2.05, 4.69) is 29.6 Å². The van der Waals surface area contributed by atoms with E-state index in [1.165, 1.54) is 11.1 Å². The Morgan fingerprint density at radius 1 is 0.966 bits per heavy atom. The molecule has 0 bridgehead atoms. The number of carbonyl (C=O) groups is 2. The van der Waals surface area contributed by atoms with Crippen LogP contribution in [-0.4, -0.2) is 23.8 Å². The van der Waals surface area contributed by atoms with Gasteiger partial charge in [-0.1, -0.05) is 60.7 Å². The number of aliphatic carboxylic acids is 1. The van der Waals surface area contributed by atoms with E-state index in [-0.39, 0.29) is 12.5 Å². The zero-order valence-corrected chi connectivity index (χ0v) is 16.0. The molecule has 0 heterocycles. The fourth-order valence-corrected chi connectivity index (χ4v) is 3.78. The van der Waals surface area contributed by atoms with Gasteiger partial charge in [0, 0.05) is 11.6 Å². The van der Waals surface area contributed by atoms with Crippen molar-refractivity contribution in [3.05, 3.63) is 89.5 Å². The Hall–Kier alpha value is -3.60. The molecule has 146 valence electrons. The number of rotatable bonds is 5. The first-order valence-corrected chi connectivity index (χ1v) is 9.49. The summed E-state index contributed by atoms with van der Waals surface area (Å²) in [6.45, 7) is 1.83. The van der Waals surface area contributed by atoms with Crippen molar-refractivity contribution in [3.63, 3.8) is 0 Å². The summed E-state index contributed by atoms with van der Waals surface area (Å²) >= 11 is 0. The topological polar surface area (TPSA) is 75.6 Å². The highest BCUT2D eigenvalue weighted by Gasteiger charge is 2.29. The SMILES string of the molecule is CC(C(=O)O)c1cccc(NC(=O)OCC2c3ccccc3-c3ccccc32)c1. The van der Waals surface area contributed by atoms with Gasteiger partial charge in [-0.15, -0.1) is 0 Å². The molecular weight excluding hydrogens is 366 g/mol. The summed E-state index contributed by atoms with van der Waals surface area (Å²) in [6, 6.07) is 23.1. The van der Waals surface area contributed by atoms with Crippen molar-refractivity contribution in [1.29, 1.82) is 0 Å². The van der Waals surface area contributed by atoms with E-state index in [1.54, 1.807) is 31.2 Å². The van der Waals surface area contributed by atoms with Gasteiger partial charge in [0.05, 0.1) is 5.92 Å². The van der Waals surface area contributed by atoms with E-state index >= 15 is 0 Å². The van der Waals surface area contributed by atoms with E-state index < -0.39 is 18.0 Å². The van der Waals surface area contributed by atoms with E-state index in [1.807, 2.05) is 24.3 Å². The molecule has 0 saturated carbocycles. The number of ether oxygens (including phenoxy) is 1. The third-order valence-corrected chi connectivity index (χ3v) is 5.35. The lowest BCUT2D eigenvalue weighted by molar-refractivity contribution is -0.138. The number of carbonyl (C=O) groups excluding carboxylic acids is 1. The zero-order chi connectivity index (χ0) is 20.4. The van der Waals surface area contributed by atoms with E-state index in [0.29, 0.717) is 11.3 Å². The molecule has 1 unspecified atom stereocenters. The predicted octanol–water partition coefficient (Wildman–Crippen LogP) is 5.24. The van der Waals surface area contributed by atoms with Crippen molar-refractivity contribution in [2.75, 3.05) is 11.9 Å². The smallest absolute Gasteiger partial charge is 0.411 e. The van der Waals surface area contributed by atoms with E-state index in [4.69, 9.17) is 9.84 Å². The van der Waals surface area contributed by atoms with Crippen molar-refractivity contribution in [1.82, 2.24) is 0 Å². The Kier molecular flexibility index (Phi) is 5.04. The molecule has 0 spiro atoms. The Morgan fingerprint density at radius 3 is 2.21 bits per heavy atom. The van der Waals surface area contributed by atoms with Crippen LogP contribution in [0.15, 0.2) is 72.8 Å². The second-order valence-electron chi connectivity index (χ2n) is 7.14. The van der Waals surface area contributed by atoms with Crippen LogP contribution in [0, 0.1) is 0 Å². The molecule has 29 heavy (non-hydrogen) atoms. The first-order chi connectivity index (χ1) is 14.0. The first kappa shape index (κ1) is 18.7. The molecule has 0 fully saturated rings. The Bertz CT molecular complexity index is 1030. The van der Waals surface area contributed by atoms with Crippen LogP contribution in [0.25, 0.3) is 11.1 Å². The van der Waals surface area contributed by atoms with E-state index in [9.17, 15) is 9.59 Å². The molecule has 3 aromatic carbocycles. The average molecular weight is 387 g/mol. The molecule has 0 radical (unpaired) electrons. The number of amides is 1. The van der Waals surface area contributed by atoms with Crippen LogP contribution in [0.4, 0.5) is 10.5 Å². The van der Waals surface area contributed by atoms with Crippen molar-refractivity contribution in [2.45, 2.75) is 18.8 Å². The number of nitrogens with one attached hydrogen (secondary N) is 1. The average Bonchev–Trinajstić information content (AvgIpc) is 3.05. The molecule has 0 saturated heterocycles. The lowest BCUT2D eigenvalue weighted by Crippen LogP contribution is -2.18. The molecule has 5 nitrogen and oxygen atoms in total. The molecule has 1 aliphatic carbocycles. The summed E-state index contributed by atoms with van der Waals surface area (Å²) in [6.07, 6.45) is -0.563. The molecule has 1 amide bonds. The standard InChI is InChI=1S/C24H21NO4/c1-15(23(26)27)16-7-6-8-17(13-16)25-24(28)29-14-22-20-11-4-2-9-18(20)19-10-3-5-12-21(19)22/h2-13,15,22H,14H2,1H3,(H,25,28)(H,26,27). The predicted molar refractivity (Wildman–Crippen MR) is 111 cm³/mol. The monoisotopic (exact) mass is 387 g/mol. The lowest BCUT2D eigenvalue weighted by atomic mass is 9.98. The summed E-state index contributed by atoms with van der Waals surface area (Å²) in [5.74, 6) is -1.57. The maximum Gasteiger partial charge on any atom is 0.411 e. The number of carboxylic acids is 1. The first-order valence-electron chi connectivity index (χ1n) is 9.49.